The van der Waals surface area contributed by atoms with Crippen LogP contribution in [0.15, 0.2) is 12.7 Å². The molecule has 1 saturated heterocycles. The van der Waals surface area contributed by atoms with Crippen molar-refractivity contribution in [3.8, 4) is 0 Å². The zero-order valence-electron chi connectivity index (χ0n) is 8.41. The van der Waals surface area contributed by atoms with Crippen molar-refractivity contribution in [2.45, 2.75) is 31.5 Å². The first-order chi connectivity index (χ1) is 6.70. The number of carbonyl (C=O) groups is 1. The van der Waals surface area contributed by atoms with Crippen LogP contribution < -0.4 is 0 Å². The van der Waals surface area contributed by atoms with Crippen LogP contribution in [0.1, 0.15) is 19.3 Å². The van der Waals surface area contributed by atoms with Crippen LogP contribution in [0.5, 0.6) is 0 Å². The number of amides is 1. The number of piperidine rings is 1. The van der Waals surface area contributed by atoms with Gasteiger partial charge < -0.3 is 9.64 Å². The molecule has 0 aromatic heterocycles. The summed E-state index contributed by atoms with van der Waals surface area (Å²) in [6.07, 6.45) is 1.94. The SMILES string of the molecule is C=CCC1C(F)CCCN1C(=O)OC. The average molecular weight is 201 g/mol. The number of alkyl halides is 1. The van der Waals surface area contributed by atoms with E-state index in [9.17, 15) is 9.18 Å². The predicted molar refractivity (Wildman–Crippen MR) is 51.8 cm³/mol. The fourth-order valence-corrected chi connectivity index (χ4v) is 1.80. The van der Waals surface area contributed by atoms with Crippen LogP contribution in [-0.2, 0) is 4.74 Å². The minimum Gasteiger partial charge on any atom is -0.453 e. The fraction of sp³-hybridized carbons (Fsp3) is 0.700. The molecule has 1 aliphatic heterocycles. The van der Waals surface area contributed by atoms with Gasteiger partial charge in [-0.05, 0) is 19.3 Å². The Bertz CT molecular complexity index is 220. The molecule has 2 atom stereocenters. The standard InChI is InChI=1S/C10H16FNO2/c1-3-5-9-8(11)6-4-7-12(9)10(13)14-2/h3,8-9H,1,4-7H2,2H3. The second-order valence-electron chi connectivity index (χ2n) is 3.41. The van der Waals surface area contributed by atoms with Gasteiger partial charge >= 0.3 is 6.09 Å². The summed E-state index contributed by atoms with van der Waals surface area (Å²) in [4.78, 5) is 12.8. The molecule has 14 heavy (non-hydrogen) atoms. The Hall–Kier alpha value is -1.06. The molecule has 80 valence electrons. The van der Waals surface area contributed by atoms with E-state index in [1.807, 2.05) is 0 Å². The molecule has 3 nitrogen and oxygen atoms in total. The third-order valence-corrected chi connectivity index (χ3v) is 2.51. The first kappa shape index (κ1) is 11.0. The van der Waals surface area contributed by atoms with Gasteiger partial charge in [0.1, 0.15) is 6.17 Å². The molecule has 2 unspecified atom stereocenters. The van der Waals surface area contributed by atoms with E-state index in [-0.39, 0.29) is 0 Å². The second-order valence-corrected chi connectivity index (χ2v) is 3.41. The van der Waals surface area contributed by atoms with Gasteiger partial charge in [0, 0.05) is 6.54 Å². The number of hydrogen-bond acceptors (Lipinski definition) is 2. The number of ether oxygens (including phenoxy) is 1. The van der Waals surface area contributed by atoms with E-state index >= 15 is 0 Å². The van der Waals surface area contributed by atoms with Crippen molar-refractivity contribution in [2.75, 3.05) is 13.7 Å². The van der Waals surface area contributed by atoms with E-state index in [2.05, 4.69) is 11.3 Å². The molecule has 1 rings (SSSR count). The summed E-state index contributed by atoms with van der Waals surface area (Å²) in [5.41, 5.74) is 0. The Labute approximate surface area is 83.5 Å². The molecule has 0 aliphatic carbocycles. The van der Waals surface area contributed by atoms with Gasteiger partial charge in [-0.25, -0.2) is 9.18 Å². The van der Waals surface area contributed by atoms with Crippen molar-refractivity contribution >= 4 is 6.09 Å². The quantitative estimate of drug-likeness (QED) is 0.640. The molecular formula is C10H16FNO2. The van der Waals surface area contributed by atoms with Crippen LogP contribution >= 0.6 is 0 Å². The Morgan fingerprint density at radius 2 is 2.50 bits per heavy atom. The van der Waals surface area contributed by atoms with Gasteiger partial charge in [-0.1, -0.05) is 6.08 Å². The molecule has 1 fully saturated rings. The van der Waals surface area contributed by atoms with Gasteiger partial charge in [0.2, 0.25) is 0 Å². The lowest BCUT2D eigenvalue weighted by molar-refractivity contribution is 0.0518. The van der Waals surface area contributed by atoms with Gasteiger partial charge in [-0.3, -0.25) is 0 Å². The van der Waals surface area contributed by atoms with E-state index < -0.39 is 18.3 Å². The highest BCUT2D eigenvalue weighted by Crippen LogP contribution is 2.23. The number of carbonyl (C=O) groups excluding carboxylic acids is 1. The van der Waals surface area contributed by atoms with Gasteiger partial charge in [-0.2, -0.15) is 0 Å². The highest BCUT2D eigenvalue weighted by atomic mass is 19.1. The largest absolute Gasteiger partial charge is 0.453 e. The fourth-order valence-electron chi connectivity index (χ4n) is 1.80. The Morgan fingerprint density at radius 3 is 3.07 bits per heavy atom. The molecule has 0 N–H and O–H groups in total. The van der Waals surface area contributed by atoms with Crippen molar-refractivity contribution in [1.29, 1.82) is 0 Å². The molecular weight excluding hydrogens is 185 g/mol. The lowest BCUT2D eigenvalue weighted by Gasteiger charge is -2.36. The van der Waals surface area contributed by atoms with E-state index in [0.717, 1.165) is 0 Å². The van der Waals surface area contributed by atoms with Crippen LogP contribution in [0.2, 0.25) is 0 Å². The van der Waals surface area contributed by atoms with E-state index in [4.69, 9.17) is 0 Å². The van der Waals surface area contributed by atoms with Crippen molar-refractivity contribution in [3.05, 3.63) is 12.7 Å². The highest BCUT2D eigenvalue weighted by Gasteiger charge is 2.33. The zero-order valence-corrected chi connectivity index (χ0v) is 8.41. The smallest absolute Gasteiger partial charge is 0.409 e. The minimum atomic E-state index is -0.958. The molecule has 0 bridgehead atoms. The molecule has 1 heterocycles. The summed E-state index contributed by atoms with van der Waals surface area (Å²) >= 11 is 0. The Balaban J connectivity index is 2.68. The first-order valence-electron chi connectivity index (χ1n) is 4.80. The molecule has 0 aromatic carbocycles. The Kier molecular flexibility index (Phi) is 3.92. The van der Waals surface area contributed by atoms with Gasteiger partial charge in [0.05, 0.1) is 13.2 Å². The summed E-state index contributed by atoms with van der Waals surface area (Å²) in [6, 6.07) is -0.395. The third kappa shape index (κ3) is 2.25. The monoisotopic (exact) mass is 201 g/mol. The maximum absolute atomic E-state index is 13.5. The average Bonchev–Trinajstić information content (AvgIpc) is 2.20. The summed E-state index contributed by atoms with van der Waals surface area (Å²) in [5, 5.41) is 0. The van der Waals surface area contributed by atoms with E-state index in [0.29, 0.717) is 25.8 Å². The maximum Gasteiger partial charge on any atom is 0.409 e. The predicted octanol–water partition coefficient (Wildman–Crippen LogP) is 2.13. The molecule has 4 heteroatoms. The molecule has 1 aliphatic rings. The van der Waals surface area contributed by atoms with E-state index in [1.165, 1.54) is 12.0 Å². The molecule has 0 saturated carbocycles. The third-order valence-electron chi connectivity index (χ3n) is 2.51. The second kappa shape index (κ2) is 4.98. The summed E-state index contributed by atoms with van der Waals surface area (Å²) in [5.74, 6) is 0. The van der Waals surface area contributed by atoms with Crippen molar-refractivity contribution < 1.29 is 13.9 Å². The topological polar surface area (TPSA) is 29.5 Å². The summed E-state index contributed by atoms with van der Waals surface area (Å²) in [6.45, 7) is 4.14. The lowest BCUT2D eigenvalue weighted by Crippen LogP contribution is -2.49. The molecule has 0 aromatic rings. The van der Waals surface area contributed by atoms with Crippen molar-refractivity contribution in [1.82, 2.24) is 4.90 Å². The number of likely N-dealkylation sites (tertiary alicyclic amines) is 1. The molecule has 0 radical (unpaired) electrons. The molecule has 1 amide bonds. The number of halogens is 1. The number of methoxy groups -OCH3 is 1. The lowest BCUT2D eigenvalue weighted by atomic mass is 9.98. The normalized spacial score (nSPS) is 27.1. The van der Waals surface area contributed by atoms with Gasteiger partial charge in [0.15, 0.2) is 0 Å². The van der Waals surface area contributed by atoms with Crippen LogP contribution in [0.3, 0.4) is 0 Å². The van der Waals surface area contributed by atoms with Crippen LogP contribution in [-0.4, -0.2) is 36.9 Å². The summed E-state index contributed by atoms with van der Waals surface area (Å²) < 4.78 is 18.1. The number of nitrogens with zero attached hydrogens (tertiary/aromatic N) is 1. The van der Waals surface area contributed by atoms with E-state index in [1.54, 1.807) is 6.08 Å². The van der Waals surface area contributed by atoms with Crippen LogP contribution in [0.25, 0.3) is 0 Å². The number of rotatable bonds is 2. The molecule has 0 spiro atoms. The zero-order chi connectivity index (χ0) is 10.6. The number of hydrogen-bond donors (Lipinski definition) is 0. The van der Waals surface area contributed by atoms with Crippen LogP contribution in [0, 0.1) is 0 Å². The summed E-state index contributed by atoms with van der Waals surface area (Å²) in [7, 11) is 1.31. The van der Waals surface area contributed by atoms with Gasteiger partial charge in [0.25, 0.3) is 0 Å². The maximum atomic E-state index is 13.5. The first-order valence-corrected chi connectivity index (χ1v) is 4.80. The van der Waals surface area contributed by atoms with Crippen LogP contribution in [0.4, 0.5) is 9.18 Å². The Morgan fingerprint density at radius 1 is 1.79 bits per heavy atom. The highest BCUT2D eigenvalue weighted by molar-refractivity contribution is 5.68. The van der Waals surface area contributed by atoms with Gasteiger partial charge in [-0.15, -0.1) is 6.58 Å². The van der Waals surface area contributed by atoms with Crippen molar-refractivity contribution in [3.63, 3.8) is 0 Å². The minimum absolute atomic E-state index is 0.395. The van der Waals surface area contributed by atoms with Crippen molar-refractivity contribution in [2.24, 2.45) is 0 Å².